The van der Waals surface area contributed by atoms with E-state index in [1.54, 1.807) is 48.6 Å². The van der Waals surface area contributed by atoms with E-state index in [1.807, 2.05) is 0 Å². The number of benzene rings is 3. The van der Waals surface area contributed by atoms with Gasteiger partial charge in [-0.05, 0) is 60.2 Å². The van der Waals surface area contributed by atoms with Crippen LogP contribution >= 0.6 is 0 Å². The Morgan fingerprint density at radius 1 is 0.931 bits per heavy atom. The molecule has 0 bridgehead atoms. The first-order valence-corrected chi connectivity index (χ1v) is 8.73. The van der Waals surface area contributed by atoms with E-state index in [-0.39, 0.29) is 11.2 Å². The molecule has 0 aliphatic carbocycles. The fraction of sp³-hybridized carbons (Fsp3) is 0. The number of non-ortho nitro benzene ring substituents is 1. The molecule has 0 aliphatic rings. The number of aromatic nitrogens is 2. The fourth-order valence-electron chi connectivity index (χ4n) is 2.98. The summed E-state index contributed by atoms with van der Waals surface area (Å²) in [5.74, 6) is -0.0443. The lowest BCUT2D eigenvalue weighted by Crippen LogP contribution is -2.22. The highest BCUT2D eigenvalue weighted by molar-refractivity contribution is 5.80. The van der Waals surface area contributed by atoms with Crippen molar-refractivity contribution in [3.63, 3.8) is 0 Å². The summed E-state index contributed by atoms with van der Waals surface area (Å²) in [6.07, 6.45) is 3.36. The summed E-state index contributed by atoms with van der Waals surface area (Å²) in [4.78, 5) is 28.0. The Kier molecular flexibility index (Phi) is 4.70. The lowest BCUT2D eigenvalue weighted by atomic mass is 10.2. The van der Waals surface area contributed by atoms with Crippen molar-refractivity contribution in [1.29, 1.82) is 0 Å². The van der Waals surface area contributed by atoms with Crippen LogP contribution in [0.25, 0.3) is 28.7 Å². The summed E-state index contributed by atoms with van der Waals surface area (Å²) in [6, 6.07) is 18.6. The van der Waals surface area contributed by atoms with Gasteiger partial charge in [-0.25, -0.2) is 9.37 Å². The standard InChI is InChI=1S/C22H14FN3O3/c23-16-8-12-17(13-9-16)25-21(24-20-4-2-1-3-19(20)22(25)27)14-7-15-5-10-18(11-6-15)26(28)29/h1-14H. The summed E-state index contributed by atoms with van der Waals surface area (Å²) in [7, 11) is 0. The minimum Gasteiger partial charge on any atom is -0.268 e. The minimum atomic E-state index is -0.468. The maximum Gasteiger partial charge on any atom is 0.269 e. The lowest BCUT2D eigenvalue weighted by Gasteiger charge is -2.11. The highest BCUT2D eigenvalue weighted by atomic mass is 19.1. The maximum absolute atomic E-state index is 13.4. The third-order valence-corrected chi connectivity index (χ3v) is 4.42. The van der Waals surface area contributed by atoms with Gasteiger partial charge in [0.25, 0.3) is 11.2 Å². The second-order valence-corrected chi connectivity index (χ2v) is 6.29. The van der Waals surface area contributed by atoms with Crippen molar-refractivity contribution in [1.82, 2.24) is 9.55 Å². The van der Waals surface area contributed by atoms with E-state index < -0.39 is 10.7 Å². The largest absolute Gasteiger partial charge is 0.269 e. The predicted molar refractivity (Wildman–Crippen MR) is 109 cm³/mol. The number of hydrogen-bond donors (Lipinski definition) is 0. The Labute approximate surface area is 164 Å². The second kappa shape index (κ2) is 7.47. The maximum atomic E-state index is 13.4. The zero-order chi connectivity index (χ0) is 20.4. The highest BCUT2D eigenvalue weighted by Gasteiger charge is 2.11. The number of halogens is 1. The number of para-hydroxylation sites is 1. The molecule has 1 heterocycles. The van der Waals surface area contributed by atoms with Crippen LogP contribution in [0.5, 0.6) is 0 Å². The predicted octanol–water partition coefficient (Wildman–Crippen LogP) is 4.60. The Bertz CT molecular complexity index is 1290. The van der Waals surface area contributed by atoms with Crippen LogP contribution < -0.4 is 5.56 Å². The molecule has 29 heavy (non-hydrogen) atoms. The van der Waals surface area contributed by atoms with Crippen molar-refractivity contribution in [3.05, 3.63) is 110 Å². The van der Waals surface area contributed by atoms with Gasteiger partial charge in [0.15, 0.2) is 0 Å². The van der Waals surface area contributed by atoms with E-state index in [1.165, 1.54) is 41.0 Å². The zero-order valence-electron chi connectivity index (χ0n) is 15.0. The third kappa shape index (κ3) is 3.66. The number of fused-ring (bicyclic) bond motifs is 1. The van der Waals surface area contributed by atoms with Gasteiger partial charge in [0.1, 0.15) is 11.6 Å². The molecular weight excluding hydrogens is 373 g/mol. The van der Waals surface area contributed by atoms with Gasteiger partial charge in [-0.2, -0.15) is 0 Å². The fourth-order valence-corrected chi connectivity index (χ4v) is 2.98. The topological polar surface area (TPSA) is 78.0 Å². The Morgan fingerprint density at radius 2 is 1.62 bits per heavy atom. The molecule has 0 unspecified atom stereocenters. The molecule has 0 aliphatic heterocycles. The average molecular weight is 387 g/mol. The van der Waals surface area contributed by atoms with Gasteiger partial charge in [0, 0.05) is 12.1 Å². The van der Waals surface area contributed by atoms with Crippen molar-refractivity contribution in [2.45, 2.75) is 0 Å². The normalized spacial score (nSPS) is 11.2. The quantitative estimate of drug-likeness (QED) is 0.379. The molecule has 4 rings (SSSR count). The monoisotopic (exact) mass is 387 g/mol. The van der Waals surface area contributed by atoms with Crippen molar-refractivity contribution in [2.24, 2.45) is 0 Å². The SMILES string of the molecule is O=c1c2ccccc2nc(C=Cc2ccc([N+](=O)[O-])cc2)n1-c1ccc(F)cc1. The molecule has 0 saturated carbocycles. The molecule has 0 spiro atoms. The first-order chi connectivity index (χ1) is 14.0. The lowest BCUT2D eigenvalue weighted by molar-refractivity contribution is -0.384. The number of nitro benzene ring substituents is 1. The van der Waals surface area contributed by atoms with Gasteiger partial charge in [-0.3, -0.25) is 19.5 Å². The molecule has 4 aromatic rings. The van der Waals surface area contributed by atoms with Crippen molar-refractivity contribution >= 4 is 28.7 Å². The number of nitrogens with zero attached hydrogens (tertiary/aromatic N) is 3. The molecule has 3 aromatic carbocycles. The molecule has 6 nitrogen and oxygen atoms in total. The van der Waals surface area contributed by atoms with Crippen LogP contribution in [-0.4, -0.2) is 14.5 Å². The first-order valence-electron chi connectivity index (χ1n) is 8.73. The molecule has 1 aromatic heterocycles. The number of nitro groups is 1. The molecule has 0 saturated heterocycles. The summed E-state index contributed by atoms with van der Waals surface area (Å²) in [6.45, 7) is 0. The molecule has 0 amide bonds. The van der Waals surface area contributed by atoms with E-state index in [9.17, 15) is 19.3 Å². The van der Waals surface area contributed by atoms with Crippen molar-refractivity contribution in [2.75, 3.05) is 0 Å². The van der Waals surface area contributed by atoms with E-state index in [0.29, 0.717) is 28.0 Å². The van der Waals surface area contributed by atoms with E-state index in [2.05, 4.69) is 4.98 Å². The third-order valence-electron chi connectivity index (χ3n) is 4.42. The Balaban J connectivity index is 1.86. The Morgan fingerprint density at radius 3 is 2.31 bits per heavy atom. The summed E-state index contributed by atoms with van der Waals surface area (Å²) in [5.41, 5.74) is 1.46. The van der Waals surface area contributed by atoms with Crippen LogP contribution in [0.15, 0.2) is 77.6 Å². The zero-order valence-corrected chi connectivity index (χ0v) is 15.0. The molecule has 0 N–H and O–H groups in total. The smallest absolute Gasteiger partial charge is 0.268 e. The average Bonchev–Trinajstić information content (AvgIpc) is 2.73. The van der Waals surface area contributed by atoms with Crippen molar-refractivity contribution in [3.8, 4) is 5.69 Å². The first kappa shape index (κ1) is 18.2. The van der Waals surface area contributed by atoms with Crippen molar-refractivity contribution < 1.29 is 9.31 Å². The van der Waals surface area contributed by atoms with Gasteiger partial charge in [0.2, 0.25) is 0 Å². The van der Waals surface area contributed by atoms with Crippen LogP contribution in [0.3, 0.4) is 0 Å². The van der Waals surface area contributed by atoms with Gasteiger partial charge in [-0.1, -0.05) is 18.2 Å². The van der Waals surface area contributed by atoms with Crippen LogP contribution in [0, 0.1) is 15.9 Å². The molecule has 0 fully saturated rings. The molecule has 0 atom stereocenters. The van der Waals surface area contributed by atoms with Crippen LogP contribution in [0.1, 0.15) is 11.4 Å². The number of rotatable bonds is 4. The van der Waals surface area contributed by atoms with E-state index >= 15 is 0 Å². The van der Waals surface area contributed by atoms with Crippen LogP contribution in [0.2, 0.25) is 0 Å². The molecule has 7 heteroatoms. The minimum absolute atomic E-state index is 0.00537. The van der Waals surface area contributed by atoms with Crippen LogP contribution in [-0.2, 0) is 0 Å². The van der Waals surface area contributed by atoms with Gasteiger partial charge in [0.05, 0.1) is 21.5 Å². The molecule has 142 valence electrons. The second-order valence-electron chi connectivity index (χ2n) is 6.29. The Hall–Kier alpha value is -4.13. The number of hydrogen-bond acceptors (Lipinski definition) is 4. The van der Waals surface area contributed by atoms with E-state index in [0.717, 1.165) is 0 Å². The summed E-state index contributed by atoms with van der Waals surface area (Å²) >= 11 is 0. The summed E-state index contributed by atoms with van der Waals surface area (Å²) < 4.78 is 14.8. The van der Waals surface area contributed by atoms with Gasteiger partial charge < -0.3 is 0 Å². The molecular formula is C22H14FN3O3. The van der Waals surface area contributed by atoms with E-state index in [4.69, 9.17) is 0 Å². The summed E-state index contributed by atoms with van der Waals surface area (Å²) in [5, 5.41) is 11.2. The molecule has 0 radical (unpaired) electrons. The van der Waals surface area contributed by atoms with Gasteiger partial charge in [-0.15, -0.1) is 0 Å². The highest BCUT2D eigenvalue weighted by Crippen LogP contribution is 2.17. The van der Waals surface area contributed by atoms with Crippen LogP contribution in [0.4, 0.5) is 10.1 Å². The van der Waals surface area contributed by atoms with Gasteiger partial charge >= 0.3 is 0 Å².